The Bertz CT molecular complexity index is 1060. The van der Waals surface area contributed by atoms with Crippen LogP contribution in [-0.4, -0.2) is 39.8 Å². The zero-order valence-electron chi connectivity index (χ0n) is 21.7. The van der Waals surface area contributed by atoms with Gasteiger partial charge in [-0.2, -0.15) is 0 Å². The van der Waals surface area contributed by atoms with Crippen molar-refractivity contribution in [1.82, 2.24) is 10.3 Å². The quantitative estimate of drug-likeness (QED) is 0.349. The van der Waals surface area contributed by atoms with Crippen LogP contribution < -0.4 is 5.32 Å². The molecule has 4 aliphatic rings. The Morgan fingerprint density at radius 2 is 1.72 bits per heavy atom. The van der Waals surface area contributed by atoms with E-state index in [2.05, 4.69) is 10.3 Å². The minimum absolute atomic E-state index is 0.148. The summed E-state index contributed by atoms with van der Waals surface area (Å²) in [5.41, 5.74) is 2.17. The minimum atomic E-state index is -1.63. The molecule has 1 aromatic heterocycles. The fraction of sp³-hybridized carbons (Fsp3) is 0.655. The predicted molar refractivity (Wildman–Crippen MR) is 142 cm³/mol. The fourth-order valence-corrected chi connectivity index (χ4v) is 8.16. The van der Waals surface area contributed by atoms with Crippen molar-refractivity contribution in [3.05, 3.63) is 36.0 Å². The van der Waals surface area contributed by atoms with Gasteiger partial charge in [-0.15, -0.1) is 0 Å². The zero-order chi connectivity index (χ0) is 25.4. The molecule has 36 heavy (non-hydrogen) atoms. The molecule has 2 aromatic rings. The number of hydrogen-bond acceptors (Lipinski definition) is 4. The van der Waals surface area contributed by atoms with Gasteiger partial charge in [0.2, 0.25) is 5.91 Å². The van der Waals surface area contributed by atoms with E-state index < -0.39 is 19.0 Å². The first-order chi connectivity index (χ1) is 17.2. The van der Waals surface area contributed by atoms with Crippen molar-refractivity contribution in [2.24, 2.45) is 35.0 Å². The Kier molecular flexibility index (Phi) is 7.33. The molecule has 4 aliphatic carbocycles. The van der Waals surface area contributed by atoms with Gasteiger partial charge in [0.05, 0.1) is 5.94 Å². The molecule has 0 aliphatic heterocycles. The highest BCUT2D eigenvalue weighted by molar-refractivity contribution is 6.43. The van der Waals surface area contributed by atoms with E-state index in [1.807, 2.05) is 44.3 Å². The van der Waals surface area contributed by atoms with Crippen LogP contribution in [0.3, 0.4) is 0 Å². The third kappa shape index (κ3) is 5.57. The molecular formula is C29H41BN2O4. The topological polar surface area (TPSA) is 102 Å². The maximum Gasteiger partial charge on any atom is 0.475 e. The van der Waals surface area contributed by atoms with Gasteiger partial charge in [-0.25, -0.2) is 0 Å². The Hall–Kier alpha value is -2.12. The van der Waals surface area contributed by atoms with Crippen molar-refractivity contribution in [3.63, 3.8) is 0 Å². The lowest BCUT2D eigenvalue weighted by Crippen LogP contribution is -2.50. The fourth-order valence-electron chi connectivity index (χ4n) is 8.16. The second kappa shape index (κ2) is 10.3. The SMILES string of the molecule is CC(C)C[C@H](NC(=O)[C@@H](CC(=O)CC12CC3CC(CC(C3)C1)C2)Cc1c[nH]c2ccccc12)B(O)O. The van der Waals surface area contributed by atoms with E-state index in [-0.39, 0.29) is 29.4 Å². The Labute approximate surface area is 214 Å². The van der Waals surface area contributed by atoms with Gasteiger partial charge in [0.25, 0.3) is 0 Å². The van der Waals surface area contributed by atoms with E-state index in [1.54, 1.807) is 0 Å². The molecule has 0 radical (unpaired) electrons. The highest BCUT2D eigenvalue weighted by atomic mass is 16.4. The first kappa shape index (κ1) is 25.5. The third-order valence-corrected chi connectivity index (χ3v) is 9.14. The highest BCUT2D eigenvalue weighted by Gasteiger charge is 2.51. The number of rotatable bonds is 11. The summed E-state index contributed by atoms with van der Waals surface area (Å²) in [6, 6.07) is 7.99. The molecule has 4 bridgehead atoms. The van der Waals surface area contributed by atoms with Gasteiger partial charge in [-0.3, -0.25) is 9.59 Å². The van der Waals surface area contributed by atoms with E-state index in [4.69, 9.17) is 0 Å². The molecule has 4 N–H and O–H groups in total. The number of benzene rings is 1. The van der Waals surface area contributed by atoms with E-state index in [0.717, 1.165) is 34.2 Å². The van der Waals surface area contributed by atoms with Crippen molar-refractivity contribution < 1.29 is 19.6 Å². The maximum atomic E-state index is 13.5. The number of Topliss-reactive ketones (excluding diaryl/α,β-unsaturated/α-hetero) is 1. The van der Waals surface area contributed by atoms with Crippen LogP contribution in [0.15, 0.2) is 30.5 Å². The second-order valence-corrected chi connectivity index (χ2v) is 12.8. The molecule has 194 valence electrons. The summed E-state index contributed by atoms with van der Waals surface area (Å²) in [7, 11) is -1.63. The largest absolute Gasteiger partial charge is 0.475 e. The monoisotopic (exact) mass is 492 g/mol. The van der Waals surface area contributed by atoms with Crippen LogP contribution in [0.2, 0.25) is 0 Å². The molecule has 0 spiro atoms. The molecule has 6 nitrogen and oxygen atoms in total. The van der Waals surface area contributed by atoms with Crippen LogP contribution in [-0.2, 0) is 16.0 Å². The lowest BCUT2D eigenvalue weighted by Gasteiger charge is -2.56. The third-order valence-electron chi connectivity index (χ3n) is 9.14. The van der Waals surface area contributed by atoms with Crippen LogP contribution in [0.25, 0.3) is 10.9 Å². The smallest absolute Gasteiger partial charge is 0.426 e. The molecule has 7 heteroatoms. The number of aromatic nitrogens is 1. The Morgan fingerprint density at radius 3 is 2.33 bits per heavy atom. The molecule has 1 aromatic carbocycles. The number of hydrogen-bond donors (Lipinski definition) is 4. The second-order valence-electron chi connectivity index (χ2n) is 12.8. The van der Waals surface area contributed by atoms with Gasteiger partial charge in [0.1, 0.15) is 5.78 Å². The van der Waals surface area contributed by atoms with Gasteiger partial charge < -0.3 is 20.3 Å². The van der Waals surface area contributed by atoms with Crippen molar-refractivity contribution in [3.8, 4) is 0 Å². The normalized spacial score (nSPS) is 28.4. The average Bonchev–Trinajstić information content (AvgIpc) is 3.19. The van der Waals surface area contributed by atoms with E-state index >= 15 is 0 Å². The number of ketones is 1. The molecule has 0 unspecified atom stereocenters. The van der Waals surface area contributed by atoms with Gasteiger partial charge in [-0.05, 0) is 92.1 Å². The number of para-hydroxylation sites is 1. The average molecular weight is 492 g/mol. The van der Waals surface area contributed by atoms with E-state index in [1.165, 1.54) is 38.5 Å². The summed E-state index contributed by atoms with van der Waals surface area (Å²) in [5, 5.41) is 23.7. The number of carbonyl (C=O) groups is 2. The number of fused-ring (bicyclic) bond motifs is 1. The Morgan fingerprint density at radius 1 is 1.08 bits per heavy atom. The molecule has 6 rings (SSSR count). The van der Waals surface area contributed by atoms with Gasteiger partial charge in [0.15, 0.2) is 0 Å². The van der Waals surface area contributed by atoms with E-state index in [9.17, 15) is 19.6 Å². The summed E-state index contributed by atoms with van der Waals surface area (Å²) >= 11 is 0. The van der Waals surface area contributed by atoms with Crippen molar-refractivity contribution in [2.45, 2.75) is 84.0 Å². The lowest BCUT2D eigenvalue weighted by molar-refractivity contribution is -0.133. The molecule has 2 atom stereocenters. The summed E-state index contributed by atoms with van der Waals surface area (Å²) in [6.45, 7) is 3.97. The van der Waals surface area contributed by atoms with Crippen molar-refractivity contribution >= 4 is 29.7 Å². The molecule has 4 fully saturated rings. The minimum Gasteiger partial charge on any atom is -0.426 e. The zero-order valence-corrected chi connectivity index (χ0v) is 21.7. The molecule has 1 heterocycles. The molecule has 1 amide bonds. The van der Waals surface area contributed by atoms with E-state index in [0.29, 0.717) is 19.3 Å². The first-order valence-electron chi connectivity index (χ1n) is 13.9. The van der Waals surface area contributed by atoms with Crippen LogP contribution in [0, 0.1) is 35.0 Å². The van der Waals surface area contributed by atoms with Crippen molar-refractivity contribution in [2.75, 3.05) is 0 Å². The maximum absolute atomic E-state index is 13.5. The first-order valence-corrected chi connectivity index (χ1v) is 13.9. The van der Waals surface area contributed by atoms with Crippen LogP contribution in [0.4, 0.5) is 0 Å². The lowest BCUT2D eigenvalue weighted by atomic mass is 9.48. The summed E-state index contributed by atoms with van der Waals surface area (Å²) in [6.07, 6.45) is 11.2. The molecule has 4 saturated carbocycles. The summed E-state index contributed by atoms with van der Waals surface area (Å²) < 4.78 is 0. The molecule has 0 saturated heterocycles. The Balaban J connectivity index is 1.32. The van der Waals surface area contributed by atoms with Gasteiger partial charge in [-0.1, -0.05) is 32.0 Å². The highest BCUT2D eigenvalue weighted by Crippen LogP contribution is 2.61. The van der Waals surface area contributed by atoms with Crippen LogP contribution >= 0.6 is 0 Å². The number of carbonyl (C=O) groups excluding carboxylic acids is 2. The number of aromatic amines is 1. The summed E-state index contributed by atoms with van der Waals surface area (Å²) in [5.74, 6) is 1.19. The van der Waals surface area contributed by atoms with Crippen LogP contribution in [0.1, 0.15) is 77.2 Å². The summed E-state index contributed by atoms with van der Waals surface area (Å²) in [4.78, 5) is 30.3. The van der Waals surface area contributed by atoms with Gasteiger partial charge >= 0.3 is 7.12 Å². The standard InChI is InChI=1S/C29H41BN2O4/c1-18(2)7-27(30(35)36)32-28(34)22(11-23-17-31-26-6-4-3-5-25(23)26)12-24(33)16-29-13-19-8-20(14-29)10-21(9-19)15-29/h3-6,17-22,27,31,35-36H,7-16H2,1-2H3,(H,32,34)/t19?,20?,21?,22-,27+,29?/m1/s1. The van der Waals surface area contributed by atoms with Crippen molar-refractivity contribution in [1.29, 1.82) is 0 Å². The van der Waals surface area contributed by atoms with Crippen LogP contribution in [0.5, 0.6) is 0 Å². The predicted octanol–water partition coefficient (Wildman–Crippen LogP) is 4.44. The van der Waals surface area contributed by atoms with Gasteiger partial charge in [0, 0.05) is 35.9 Å². The number of amides is 1. The number of nitrogens with one attached hydrogen (secondary N) is 2. The number of H-pyrrole nitrogens is 1. The molecular weight excluding hydrogens is 451 g/mol.